The standard InChI is InChI=1S/C13H16N2O3/c1-15(9-6-14-7-9)13(16)12-8-17-10-4-2-3-5-11(10)18-12/h2-5,9,12,14H,6-8H2,1H3. The van der Waals surface area contributed by atoms with Crippen molar-refractivity contribution in [3.8, 4) is 11.5 Å². The van der Waals surface area contributed by atoms with Crippen LogP contribution in [0.4, 0.5) is 0 Å². The normalized spacial score (nSPS) is 22.2. The summed E-state index contributed by atoms with van der Waals surface area (Å²) in [6.07, 6.45) is -0.537. The number of hydrogen-bond donors (Lipinski definition) is 1. The zero-order chi connectivity index (χ0) is 12.5. The fourth-order valence-electron chi connectivity index (χ4n) is 2.10. The fourth-order valence-corrected chi connectivity index (χ4v) is 2.10. The van der Waals surface area contributed by atoms with Gasteiger partial charge >= 0.3 is 0 Å². The van der Waals surface area contributed by atoms with Crippen LogP contribution in [0.25, 0.3) is 0 Å². The lowest BCUT2D eigenvalue weighted by Gasteiger charge is -2.38. The van der Waals surface area contributed by atoms with Crippen molar-refractivity contribution in [3.05, 3.63) is 24.3 Å². The predicted molar refractivity (Wildman–Crippen MR) is 65.8 cm³/mol. The van der Waals surface area contributed by atoms with Gasteiger partial charge in [-0.15, -0.1) is 0 Å². The molecule has 1 atom stereocenters. The van der Waals surface area contributed by atoms with Gasteiger partial charge in [0.15, 0.2) is 11.5 Å². The van der Waals surface area contributed by atoms with Crippen LogP contribution in [-0.4, -0.2) is 49.7 Å². The Bertz CT molecular complexity index is 459. The molecule has 96 valence electrons. The molecule has 1 N–H and O–H groups in total. The van der Waals surface area contributed by atoms with Gasteiger partial charge < -0.3 is 19.7 Å². The van der Waals surface area contributed by atoms with Crippen LogP contribution in [0.5, 0.6) is 11.5 Å². The van der Waals surface area contributed by atoms with E-state index in [9.17, 15) is 4.79 Å². The van der Waals surface area contributed by atoms with E-state index in [1.54, 1.807) is 4.90 Å². The number of carbonyl (C=O) groups excluding carboxylic acids is 1. The van der Waals surface area contributed by atoms with E-state index in [1.165, 1.54) is 0 Å². The molecular weight excluding hydrogens is 232 g/mol. The molecule has 1 saturated heterocycles. The molecule has 1 fully saturated rings. The van der Waals surface area contributed by atoms with Crippen molar-refractivity contribution in [3.63, 3.8) is 0 Å². The molecule has 0 aromatic heterocycles. The molecule has 2 aliphatic heterocycles. The Morgan fingerprint density at radius 1 is 1.33 bits per heavy atom. The highest BCUT2D eigenvalue weighted by atomic mass is 16.6. The number of para-hydroxylation sites is 2. The number of carbonyl (C=O) groups is 1. The minimum atomic E-state index is -0.537. The number of benzene rings is 1. The summed E-state index contributed by atoms with van der Waals surface area (Å²) in [4.78, 5) is 14.0. The zero-order valence-corrected chi connectivity index (χ0v) is 10.3. The van der Waals surface area contributed by atoms with Crippen molar-refractivity contribution in [1.82, 2.24) is 10.2 Å². The van der Waals surface area contributed by atoms with Gasteiger partial charge in [-0.05, 0) is 12.1 Å². The van der Waals surface area contributed by atoms with Crippen LogP contribution in [-0.2, 0) is 4.79 Å². The van der Waals surface area contributed by atoms with Crippen LogP contribution in [0.15, 0.2) is 24.3 Å². The number of rotatable bonds is 2. The molecule has 2 aliphatic rings. The highest BCUT2D eigenvalue weighted by molar-refractivity contribution is 5.82. The van der Waals surface area contributed by atoms with Crippen LogP contribution in [0.3, 0.4) is 0 Å². The molecule has 18 heavy (non-hydrogen) atoms. The first-order valence-electron chi connectivity index (χ1n) is 6.11. The molecule has 1 amide bonds. The highest BCUT2D eigenvalue weighted by Crippen LogP contribution is 2.31. The largest absolute Gasteiger partial charge is 0.485 e. The predicted octanol–water partition coefficient (Wildman–Crippen LogP) is 0.257. The zero-order valence-electron chi connectivity index (χ0n) is 10.3. The smallest absolute Gasteiger partial charge is 0.267 e. The van der Waals surface area contributed by atoms with Gasteiger partial charge in [0.1, 0.15) is 6.61 Å². The third kappa shape index (κ3) is 1.90. The van der Waals surface area contributed by atoms with Gasteiger partial charge in [0.05, 0.1) is 6.04 Å². The van der Waals surface area contributed by atoms with Crippen LogP contribution in [0.1, 0.15) is 0 Å². The van der Waals surface area contributed by atoms with Crippen molar-refractivity contribution in [2.45, 2.75) is 12.1 Å². The first-order valence-corrected chi connectivity index (χ1v) is 6.11. The number of amides is 1. The third-order valence-electron chi connectivity index (χ3n) is 3.44. The molecule has 1 aromatic carbocycles. The topological polar surface area (TPSA) is 50.8 Å². The lowest BCUT2D eigenvalue weighted by atomic mass is 10.1. The van der Waals surface area contributed by atoms with Crippen molar-refractivity contribution in [2.24, 2.45) is 0 Å². The molecule has 1 aromatic rings. The van der Waals surface area contributed by atoms with E-state index >= 15 is 0 Å². The summed E-state index contributed by atoms with van der Waals surface area (Å²) in [6.45, 7) is 1.99. The number of nitrogens with zero attached hydrogens (tertiary/aromatic N) is 1. The molecule has 0 aliphatic carbocycles. The minimum Gasteiger partial charge on any atom is -0.485 e. The second kappa shape index (κ2) is 4.49. The van der Waals surface area contributed by atoms with Gasteiger partial charge in [0.25, 0.3) is 5.91 Å². The molecule has 5 heteroatoms. The van der Waals surface area contributed by atoms with Crippen LogP contribution in [0, 0.1) is 0 Å². The lowest BCUT2D eigenvalue weighted by Crippen LogP contribution is -2.60. The Morgan fingerprint density at radius 2 is 2.06 bits per heavy atom. The van der Waals surface area contributed by atoms with Gasteiger partial charge in [-0.3, -0.25) is 4.79 Å². The number of nitrogens with one attached hydrogen (secondary N) is 1. The molecular formula is C13H16N2O3. The van der Waals surface area contributed by atoms with E-state index in [2.05, 4.69) is 5.32 Å². The maximum atomic E-state index is 12.2. The summed E-state index contributed by atoms with van der Waals surface area (Å²) in [5, 5.41) is 3.15. The van der Waals surface area contributed by atoms with Gasteiger partial charge in [-0.2, -0.15) is 0 Å². The first-order chi connectivity index (χ1) is 8.75. The van der Waals surface area contributed by atoms with Gasteiger partial charge in [-0.1, -0.05) is 12.1 Å². The van der Waals surface area contributed by atoms with E-state index in [1.807, 2.05) is 31.3 Å². The summed E-state index contributed by atoms with van der Waals surface area (Å²) in [7, 11) is 1.82. The second-order valence-electron chi connectivity index (χ2n) is 4.63. The van der Waals surface area contributed by atoms with Crippen LogP contribution < -0.4 is 14.8 Å². The maximum Gasteiger partial charge on any atom is 0.267 e. The Labute approximate surface area is 106 Å². The second-order valence-corrected chi connectivity index (χ2v) is 4.63. The fraction of sp³-hybridized carbons (Fsp3) is 0.462. The summed E-state index contributed by atoms with van der Waals surface area (Å²) in [5.41, 5.74) is 0. The van der Waals surface area contributed by atoms with E-state index < -0.39 is 6.10 Å². The minimum absolute atomic E-state index is 0.0176. The molecule has 1 unspecified atom stereocenters. The Hall–Kier alpha value is -1.75. The number of fused-ring (bicyclic) bond motifs is 1. The molecule has 0 saturated carbocycles. The van der Waals surface area contributed by atoms with Gasteiger partial charge in [0, 0.05) is 20.1 Å². The quantitative estimate of drug-likeness (QED) is 0.815. The van der Waals surface area contributed by atoms with E-state index in [0.717, 1.165) is 13.1 Å². The average Bonchev–Trinajstić information content (AvgIpc) is 2.35. The Morgan fingerprint density at radius 3 is 2.72 bits per heavy atom. The summed E-state index contributed by atoms with van der Waals surface area (Å²) in [6, 6.07) is 7.69. The van der Waals surface area contributed by atoms with Gasteiger partial charge in [-0.25, -0.2) is 0 Å². The van der Waals surface area contributed by atoms with Crippen LogP contribution >= 0.6 is 0 Å². The first kappa shape index (κ1) is 11.3. The molecule has 0 radical (unpaired) electrons. The molecule has 0 bridgehead atoms. The van der Waals surface area contributed by atoms with Gasteiger partial charge in [0.2, 0.25) is 6.10 Å². The third-order valence-corrected chi connectivity index (χ3v) is 3.44. The van der Waals surface area contributed by atoms with Crippen molar-refractivity contribution >= 4 is 5.91 Å². The number of hydrogen-bond acceptors (Lipinski definition) is 4. The number of likely N-dealkylation sites (N-methyl/N-ethyl adjacent to an activating group) is 1. The molecule has 2 heterocycles. The summed E-state index contributed by atoms with van der Waals surface area (Å²) < 4.78 is 11.2. The average molecular weight is 248 g/mol. The summed E-state index contributed by atoms with van der Waals surface area (Å²) in [5.74, 6) is 1.33. The van der Waals surface area contributed by atoms with Crippen molar-refractivity contribution in [2.75, 3.05) is 26.7 Å². The van der Waals surface area contributed by atoms with Crippen LogP contribution in [0.2, 0.25) is 0 Å². The highest BCUT2D eigenvalue weighted by Gasteiger charge is 2.34. The lowest BCUT2D eigenvalue weighted by molar-refractivity contribution is -0.142. The number of ether oxygens (including phenoxy) is 2. The molecule has 0 spiro atoms. The van der Waals surface area contributed by atoms with E-state index in [4.69, 9.17) is 9.47 Å². The molecule has 3 rings (SSSR count). The monoisotopic (exact) mass is 248 g/mol. The van der Waals surface area contributed by atoms with E-state index in [-0.39, 0.29) is 18.6 Å². The van der Waals surface area contributed by atoms with E-state index in [0.29, 0.717) is 11.5 Å². The Kier molecular flexibility index (Phi) is 2.83. The van der Waals surface area contributed by atoms with Crippen molar-refractivity contribution < 1.29 is 14.3 Å². The maximum absolute atomic E-state index is 12.2. The SMILES string of the molecule is CN(C(=O)C1COc2ccccc2O1)C1CNC1. The molecule has 5 nitrogen and oxygen atoms in total. The Balaban J connectivity index is 1.69. The summed E-state index contributed by atoms with van der Waals surface area (Å²) >= 11 is 0. The van der Waals surface area contributed by atoms with Crippen molar-refractivity contribution in [1.29, 1.82) is 0 Å².